The Balaban J connectivity index is 2.23. The molecular weight excluding hydrogens is 256 g/mol. The van der Waals surface area contributed by atoms with E-state index in [4.69, 9.17) is 9.47 Å². The van der Waals surface area contributed by atoms with Crippen molar-refractivity contribution in [3.8, 4) is 11.5 Å². The predicted octanol–water partition coefficient (Wildman–Crippen LogP) is 0.753. The van der Waals surface area contributed by atoms with Gasteiger partial charge in [0, 0.05) is 5.56 Å². The van der Waals surface area contributed by atoms with Crippen LogP contribution in [0.1, 0.15) is 12.0 Å². The van der Waals surface area contributed by atoms with Crippen molar-refractivity contribution in [2.24, 2.45) is 0 Å². The van der Waals surface area contributed by atoms with E-state index >= 15 is 0 Å². The molecule has 1 aliphatic rings. The minimum atomic E-state index is -2.98. The molecule has 5 nitrogen and oxygen atoms in total. The van der Waals surface area contributed by atoms with Gasteiger partial charge in [-0.05, 0) is 12.5 Å². The van der Waals surface area contributed by atoms with Gasteiger partial charge in [0.05, 0.1) is 25.2 Å². The average Bonchev–Trinajstić information content (AvgIpc) is 2.69. The van der Waals surface area contributed by atoms with E-state index in [0.29, 0.717) is 23.5 Å². The minimum absolute atomic E-state index is 0.0237. The first-order chi connectivity index (χ1) is 8.55. The topological polar surface area (TPSA) is 72.8 Å². The molecule has 1 aromatic carbocycles. The summed E-state index contributed by atoms with van der Waals surface area (Å²) in [6, 6.07) is 5.20. The maximum Gasteiger partial charge on any atom is 0.167 e. The van der Waals surface area contributed by atoms with Crippen LogP contribution in [0.4, 0.5) is 0 Å². The molecule has 1 unspecified atom stereocenters. The minimum Gasteiger partial charge on any atom is -0.493 e. The lowest BCUT2D eigenvalue weighted by Gasteiger charge is -2.17. The van der Waals surface area contributed by atoms with Gasteiger partial charge < -0.3 is 14.6 Å². The molecule has 1 aromatic rings. The Hall–Kier alpha value is -1.27. The molecule has 18 heavy (non-hydrogen) atoms. The Labute approximate surface area is 106 Å². The van der Waals surface area contributed by atoms with Crippen LogP contribution < -0.4 is 9.47 Å². The summed E-state index contributed by atoms with van der Waals surface area (Å²) in [5, 5.41) is 9.26. The summed E-state index contributed by atoms with van der Waals surface area (Å²) in [6.45, 7) is -0.175. The predicted molar refractivity (Wildman–Crippen MR) is 66.6 cm³/mol. The summed E-state index contributed by atoms with van der Waals surface area (Å²) in [4.78, 5) is 0. The second kappa shape index (κ2) is 5.16. The third kappa shape index (κ3) is 2.76. The van der Waals surface area contributed by atoms with E-state index in [-0.39, 0.29) is 24.2 Å². The van der Waals surface area contributed by atoms with Gasteiger partial charge in [0.2, 0.25) is 0 Å². The van der Waals surface area contributed by atoms with Crippen molar-refractivity contribution < 1.29 is 23.0 Å². The molecule has 0 saturated carbocycles. The maximum absolute atomic E-state index is 11.4. The van der Waals surface area contributed by atoms with Gasteiger partial charge in [-0.1, -0.05) is 12.1 Å². The van der Waals surface area contributed by atoms with Gasteiger partial charge in [-0.25, -0.2) is 8.42 Å². The second-order valence-electron chi connectivity index (χ2n) is 4.25. The molecule has 0 spiro atoms. The Morgan fingerprint density at radius 2 is 2.22 bits per heavy atom. The van der Waals surface area contributed by atoms with Crippen LogP contribution in [0.5, 0.6) is 11.5 Å². The fourth-order valence-electron chi connectivity index (χ4n) is 2.00. The van der Waals surface area contributed by atoms with E-state index in [9.17, 15) is 13.5 Å². The monoisotopic (exact) mass is 272 g/mol. The van der Waals surface area contributed by atoms with Crippen LogP contribution in [-0.4, -0.2) is 38.2 Å². The third-order valence-electron chi connectivity index (χ3n) is 2.93. The summed E-state index contributed by atoms with van der Waals surface area (Å²) >= 11 is 0. The number of ether oxygens (including phenoxy) is 2. The number of benzene rings is 1. The zero-order valence-corrected chi connectivity index (χ0v) is 10.9. The largest absolute Gasteiger partial charge is 0.493 e. The van der Waals surface area contributed by atoms with E-state index < -0.39 is 9.84 Å². The fraction of sp³-hybridized carbons (Fsp3) is 0.500. The lowest BCUT2D eigenvalue weighted by molar-refractivity contribution is 0.205. The van der Waals surface area contributed by atoms with E-state index in [0.717, 1.165) is 0 Å². The van der Waals surface area contributed by atoms with Crippen LogP contribution in [0.3, 0.4) is 0 Å². The molecule has 1 heterocycles. The van der Waals surface area contributed by atoms with Crippen LogP contribution in [0.2, 0.25) is 0 Å². The number of methoxy groups -OCH3 is 1. The van der Waals surface area contributed by atoms with Gasteiger partial charge in [-0.3, -0.25) is 0 Å². The van der Waals surface area contributed by atoms with Crippen molar-refractivity contribution in [3.63, 3.8) is 0 Å². The number of aliphatic hydroxyl groups is 1. The summed E-state index contributed by atoms with van der Waals surface area (Å²) in [6.07, 6.45) is 0.113. The molecule has 1 atom stereocenters. The lowest BCUT2D eigenvalue weighted by atomic mass is 10.2. The first-order valence-electron chi connectivity index (χ1n) is 5.69. The first kappa shape index (κ1) is 13.2. The van der Waals surface area contributed by atoms with Crippen molar-refractivity contribution in [1.29, 1.82) is 0 Å². The smallest absolute Gasteiger partial charge is 0.167 e. The normalized spacial score (nSPS) is 21.8. The van der Waals surface area contributed by atoms with Gasteiger partial charge in [0.15, 0.2) is 21.3 Å². The van der Waals surface area contributed by atoms with Crippen molar-refractivity contribution in [3.05, 3.63) is 23.8 Å². The molecule has 1 N–H and O–H groups in total. The maximum atomic E-state index is 11.4. The fourth-order valence-corrected chi connectivity index (χ4v) is 3.59. The van der Waals surface area contributed by atoms with E-state index in [2.05, 4.69) is 0 Å². The van der Waals surface area contributed by atoms with Crippen LogP contribution in [-0.2, 0) is 16.4 Å². The van der Waals surface area contributed by atoms with Crippen LogP contribution in [0.15, 0.2) is 18.2 Å². The molecule has 0 radical (unpaired) electrons. The van der Waals surface area contributed by atoms with Crippen molar-refractivity contribution >= 4 is 9.84 Å². The Morgan fingerprint density at radius 1 is 1.44 bits per heavy atom. The molecule has 0 amide bonds. The number of hydrogen-bond acceptors (Lipinski definition) is 5. The van der Waals surface area contributed by atoms with Gasteiger partial charge in [0.1, 0.15) is 6.10 Å². The Kier molecular flexibility index (Phi) is 3.77. The highest BCUT2D eigenvalue weighted by molar-refractivity contribution is 7.91. The zero-order valence-electron chi connectivity index (χ0n) is 10.1. The molecule has 0 bridgehead atoms. The van der Waals surface area contributed by atoms with Crippen molar-refractivity contribution in [1.82, 2.24) is 0 Å². The van der Waals surface area contributed by atoms with E-state index in [1.807, 2.05) is 0 Å². The van der Waals surface area contributed by atoms with Crippen LogP contribution in [0.25, 0.3) is 0 Å². The van der Waals surface area contributed by atoms with Crippen molar-refractivity contribution in [2.75, 3.05) is 18.6 Å². The van der Waals surface area contributed by atoms with E-state index in [1.54, 1.807) is 18.2 Å². The van der Waals surface area contributed by atoms with Gasteiger partial charge in [-0.2, -0.15) is 0 Å². The molecule has 1 saturated heterocycles. The SMILES string of the molecule is COc1cccc(CO)c1OC1CCS(=O)(=O)C1. The Morgan fingerprint density at radius 3 is 2.78 bits per heavy atom. The van der Waals surface area contributed by atoms with Gasteiger partial charge in [-0.15, -0.1) is 0 Å². The lowest BCUT2D eigenvalue weighted by Crippen LogP contribution is -2.19. The number of aliphatic hydroxyl groups excluding tert-OH is 1. The van der Waals surface area contributed by atoms with Gasteiger partial charge >= 0.3 is 0 Å². The van der Waals surface area contributed by atoms with Crippen LogP contribution >= 0.6 is 0 Å². The molecule has 100 valence electrons. The number of sulfone groups is 1. The highest BCUT2D eigenvalue weighted by Gasteiger charge is 2.30. The van der Waals surface area contributed by atoms with E-state index in [1.165, 1.54) is 7.11 Å². The molecule has 6 heteroatoms. The molecule has 1 aliphatic heterocycles. The summed E-state index contributed by atoms with van der Waals surface area (Å²) in [7, 11) is -1.47. The van der Waals surface area contributed by atoms with Crippen molar-refractivity contribution in [2.45, 2.75) is 19.1 Å². The highest BCUT2D eigenvalue weighted by atomic mass is 32.2. The summed E-state index contributed by atoms with van der Waals surface area (Å²) < 4.78 is 33.6. The van der Waals surface area contributed by atoms with Gasteiger partial charge in [0.25, 0.3) is 0 Å². The van der Waals surface area contributed by atoms with Crippen LogP contribution in [0, 0.1) is 0 Å². The average molecular weight is 272 g/mol. The molecule has 0 aromatic heterocycles. The molecule has 0 aliphatic carbocycles. The third-order valence-corrected chi connectivity index (χ3v) is 4.66. The number of para-hydroxylation sites is 1. The molecule has 1 fully saturated rings. The number of hydrogen-bond donors (Lipinski definition) is 1. The number of rotatable bonds is 4. The summed E-state index contributed by atoms with van der Waals surface area (Å²) in [5.74, 6) is 1.12. The second-order valence-corrected chi connectivity index (χ2v) is 6.48. The standard InChI is InChI=1S/C12H16O5S/c1-16-11-4-2-3-9(7-13)12(11)17-10-5-6-18(14,15)8-10/h2-4,10,13H,5-8H2,1H3. The first-order valence-corrected chi connectivity index (χ1v) is 7.51. The quantitative estimate of drug-likeness (QED) is 0.875. The molecular formula is C12H16O5S. The zero-order chi connectivity index (χ0) is 13.2. The Bertz CT molecular complexity index is 501. The summed E-state index contributed by atoms with van der Waals surface area (Å²) in [5.41, 5.74) is 0.596. The molecule has 2 rings (SSSR count). The highest BCUT2D eigenvalue weighted by Crippen LogP contribution is 2.33.